The van der Waals surface area contributed by atoms with Crippen LogP contribution in [-0.2, 0) is 6.42 Å². The molecular weight excluding hydrogens is 308 g/mol. The lowest BCUT2D eigenvalue weighted by Crippen LogP contribution is -2.07. The maximum atomic E-state index is 5.50. The minimum Gasteiger partial charge on any atom is -0.463 e. The SMILES string of the molecule is CCCOc1nc(NCC)nc(Sc2nc(CC)ns2)n1. The normalized spacial score (nSPS) is 10.6. The first-order chi connectivity index (χ1) is 10.2. The zero-order valence-corrected chi connectivity index (χ0v) is 13.9. The minimum atomic E-state index is 0.338. The van der Waals surface area contributed by atoms with Crippen LogP contribution in [0.25, 0.3) is 0 Å². The highest BCUT2D eigenvalue weighted by Crippen LogP contribution is 2.27. The van der Waals surface area contributed by atoms with Gasteiger partial charge in [-0.1, -0.05) is 13.8 Å². The first kappa shape index (κ1) is 15.9. The van der Waals surface area contributed by atoms with E-state index in [-0.39, 0.29) is 0 Å². The van der Waals surface area contributed by atoms with Crippen LogP contribution in [0.4, 0.5) is 5.95 Å². The van der Waals surface area contributed by atoms with Gasteiger partial charge in [-0.2, -0.15) is 19.3 Å². The molecule has 0 atom stereocenters. The van der Waals surface area contributed by atoms with Crippen LogP contribution in [0.5, 0.6) is 6.01 Å². The molecule has 1 N–H and O–H groups in total. The molecule has 2 aromatic heterocycles. The number of nitrogens with one attached hydrogen (secondary N) is 1. The monoisotopic (exact) mass is 326 g/mol. The summed E-state index contributed by atoms with van der Waals surface area (Å²) in [4.78, 5) is 17.3. The van der Waals surface area contributed by atoms with Gasteiger partial charge in [0.05, 0.1) is 6.61 Å². The molecule has 2 rings (SSSR count). The van der Waals surface area contributed by atoms with Crippen LogP contribution in [0, 0.1) is 0 Å². The Hall–Kier alpha value is -1.48. The smallest absolute Gasteiger partial charge is 0.322 e. The molecule has 0 unspecified atom stereocenters. The fourth-order valence-electron chi connectivity index (χ4n) is 1.38. The Morgan fingerprint density at radius 3 is 2.67 bits per heavy atom. The molecule has 2 aromatic rings. The molecule has 0 radical (unpaired) electrons. The zero-order valence-electron chi connectivity index (χ0n) is 12.3. The fraction of sp³-hybridized carbons (Fsp3) is 0.583. The van der Waals surface area contributed by atoms with Gasteiger partial charge in [0.15, 0.2) is 4.34 Å². The van der Waals surface area contributed by atoms with Crippen molar-refractivity contribution >= 4 is 29.2 Å². The predicted octanol–water partition coefficient (Wildman–Crippen LogP) is 2.66. The van der Waals surface area contributed by atoms with E-state index in [1.165, 1.54) is 23.3 Å². The number of hydrogen-bond acceptors (Lipinski definition) is 9. The second-order valence-corrected chi connectivity index (χ2v) is 6.00. The van der Waals surface area contributed by atoms with Crippen LogP contribution in [-0.4, -0.2) is 37.5 Å². The average Bonchev–Trinajstić information content (AvgIpc) is 2.93. The second kappa shape index (κ2) is 8.08. The number of aromatic nitrogens is 5. The third kappa shape index (κ3) is 4.78. The van der Waals surface area contributed by atoms with E-state index < -0.39 is 0 Å². The summed E-state index contributed by atoms with van der Waals surface area (Å²) >= 11 is 2.73. The summed E-state index contributed by atoms with van der Waals surface area (Å²) < 4.78 is 10.6. The van der Waals surface area contributed by atoms with E-state index in [0.717, 1.165) is 29.6 Å². The summed E-state index contributed by atoms with van der Waals surface area (Å²) in [6.45, 7) is 7.37. The van der Waals surface area contributed by atoms with Crippen molar-refractivity contribution in [3.8, 4) is 6.01 Å². The Labute approximate surface area is 132 Å². The molecule has 0 amide bonds. The number of ether oxygens (including phenoxy) is 1. The molecule has 0 saturated carbocycles. The zero-order chi connectivity index (χ0) is 15.1. The topological polar surface area (TPSA) is 85.7 Å². The van der Waals surface area contributed by atoms with E-state index in [1.54, 1.807) is 0 Å². The van der Waals surface area contributed by atoms with Crippen molar-refractivity contribution in [1.29, 1.82) is 0 Å². The van der Waals surface area contributed by atoms with Gasteiger partial charge in [0.1, 0.15) is 5.82 Å². The van der Waals surface area contributed by atoms with Crippen LogP contribution < -0.4 is 10.1 Å². The molecule has 7 nitrogen and oxygen atoms in total. The lowest BCUT2D eigenvalue weighted by molar-refractivity contribution is 0.288. The molecule has 2 heterocycles. The van der Waals surface area contributed by atoms with Crippen molar-refractivity contribution in [3.05, 3.63) is 5.82 Å². The number of aryl methyl sites for hydroxylation is 1. The second-order valence-electron chi connectivity index (χ2n) is 4.04. The van der Waals surface area contributed by atoms with Crippen molar-refractivity contribution in [3.63, 3.8) is 0 Å². The molecule has 0 aliphatic heterocycles. The quantitative estimate of drug-likeness (QED) is 0.792. The molecule has 21 heavy (non-hydrogen) atoms. The molecule has 0 saturated heterocycles. The summed E-state index contributed by atoms with van der Waals surface area (Å²) in [5, 5.41) is 3.64. The fourth-order valence-corrected chi connectivity index (χ4v) is 2.93. The van der Waals surface area contributed by atoms with Gasteiger partial charge in [0.25, 0.3) is 0 Å². The molecule has 0 aliphatic carbocycles. The maximum Gasteiger partial charge on any atom is 0.322 e. The van der Waals surface area contributed by atoms with Crippen LogP contribution in [0.3, 0.4) is 0 Å². The maximum absolute atomic E-state index is 5.50. The number of hydrogen-bond donors (Lipinski definition) is 1. The third-order valence-corrected chi connectivity index (χ3v) is 3.96. The van der Waals surface area contributed by atoms with Crippen LogP contribution in [0.1, 0.15) is 33.0 Å². The lowest BCUT2D eigenvalue weighted by Gasteiger charge is -2.07. The highest BCUT2D eigenvalue weighted by molar-refractivity contribution is 8.00. The van der Waals surface area contributed by atoms with E-state index >= 15 is 0 Å². The Morgan fingerprint density at radius 2 is 2.00 bits per heavy atom. The van der Waals surface area contributed by atoms with E-state index in [1.807, 2.05) is 20.8 Å². The summed E-state index contributed by atoms with van der Waals surface area (Å²) in [6.07, 6.45) is 1.72. The summed E-state index contributed by atoms with van der Waals surface area (Å²) in [7, 11) is 0. The molecule has 114 valence electrons. The number of rotatable bonds is 8. The van der Waals surface area contributed by atoms with Crippen molar-refractivity contribution in [1.82, 2.24) is 24.3 Å². The van der Waals surface area contributed by atoms with Gasteiger partial charge in [0, 0.05) is 13.0 Å². The summed E-state index contributed by atoms with van der Waals surface area (Å²) in [5.41, 5.74) is 0. The van der Waals surface area contributed by atoms with Gasteiger partial charge in [-0.3, -0.25) is 0 Å². The average molecular weight is 326 g/mol. The summed E-state index contributed by atoms with van der Waals surface area (Å²) in [5.74, 6) is 1.35. The van der Waals surface area contributed by atoms with Crippen molar-refractivity contribution in [2.45, 2.75) is 43.1 Å². The van der Waals surface area contributed by atoms with E-state index in [4.69, 9.17) is 4.74 Å². The van der Waals surface area contributed by atoms with Crippen molar-refractivity contribution < 1.29 is 4.74 Å². The van der Waals surface area contributed by atoms with Gasteiger partial charge in [-0.05, 0) is 36.6 Å². The molecule has 9 heteroatoms. The van der Waals surface area contributed by atoms with Gasteiger partial charge >= 0.3 is 6.01 Å². The molecular formula is C12H18N6OS2. The first-order valence-electron chi connectivity index (χ1n) is 6.88. The molecule has 0 bridgehead atoms. The molecule has 0 spiro atoms. The van der Waals surface area contributed by atoms with E-state index in [2.05, 4.69) is 29.6 Å². The number of nitrogens with zero attached hydrogens (tertiary/aromatic N) is 5. The highest BCUT2D eigenvalue weighted by Gasteiger charge is 2.11. The number of anilines is 1. The lowest BCUT2D eigenvalue weighted by atomic mass is 10.5. The van der Waals surface area contributed by atoms with Crippen LogP contribution >= 0.6 is 23.3 Å². The highest BCUT2D eigenvalue weighted by atomic mass is 32.2. The van der Waals surface area contributed by atoms with Gasteiger partial charge in [0.2, 0.25) is 11.1 Å². The van der Waals surface area contributed by atoms with E-state index in [0.29, 0.717) is 23.7 Å². The largest absolute Gasteiger partial charge is 0.463 e. The summed E-state index contributed by atoms with van der Waals surface area (Å²) in [6, 6.07) is 0.338. The third-order valence-electron chi connectivity index (χ3n) is 2.31. The molecule has 0 fully saturated rings. The minimum absolute atomic E-state index is 0.338. The molecule has 0 aromatic carbocycles. The van der Waals surface area contributed by atoms with Gasteiger partial charge < -0.3 is 10.1 Å². The standard InChI is InChI=1S/C12H18N6OS2/c1-4-7-19-10-15-9(13-6-3)16-11(17-10)20-12-14-8(5-2)18-21-12/h4-7H2,1-3H3,(H,13,15,16,17). The van der Waals surface area contributed by atoms with Crippen LogP contribution in [0.2, 0.25) is 0 Å². The Balaban J connectivity index is 2.17. The first-order valence-corrected chi connectivity index (χ1v) is 8.47. The predicted molar refractivity (Wildman–Crippen MR) is 83.2 cm³/mol. The Bertz CT molecular complexity index is 577. The Morgan fingerprint density at radius 1 is 1.14 bits per heavy atom. The van der Waals surface area contributed by atoms with Crippen molar-refractivity contribution in [2.75, 3.05) is 18.5 Å². The van der Waals surface area contributed by atoms with Gasteiger partial charge in [-0.15, -0.1) is 0 Å². The van der Waals surface area contributed by atoms with Crippen molar-refractivity contribution in [2.24, 2.45) is 0 Å². The Kier molecular flexibility index (Phi) is 6.12. The molecule has 0 aliphatic rings. The van der Waals surface area contributed by atoms with Crippen LogP contribution in [0.15, 0.2) is 9.50 Å². The van der Waals surface area contributed by atoms with Gasteiger partial charge in [-0.25, -0.2) is 4.98 Å². The van der Waals surface area contributed by atoms with E-state index in [9.17, 15) is 0 Å².